The van der Waals surface area contributed by atoms with Crippen molar-refractivity contribution in [1.82, 2.24) is 0 Å². The summed E-state index contributed by atoms with van der Waals surface area (Å²) in [6.07, 6.45) is 5.57. The summed E-state index contributed by atoms with van der Waals surface area (Å²) in [5.74, 6) is 0. The maximum atomic E-state index is 5.98. The molecule has 0 aromatic heterocycles. The fourth-order valence-electron chi connectivity index (χ4n) is 1.33. The zero-order chi connectivity index (χ0) is 9.40. The Bertz CT molecular complexity index is 101. The van der Waals surface area contributed by atoms with Gasteiger partial charge in [0, 0.05) is 0 Å². The Morgan fingerprint density at radius 2 is 2.08 bits per heavy atom. The van der Waals surface area contributed by atoms with Crippen LogP contribution in [0.5, 0.6) is 0 Å². The third-order valence-corrected chi connectivity index (χ3v) is 10.5. The predicted molar refractivity (Wildman–Crippen MR) is 50.2 cm³/mol. The molecule has 70 valence electrons. The van der Waals surface area contributed by atoms with E-state index in [1.165, 1.54) is 25.7 Å². The molecule has 2 atom stereocenters. The van der Waals surface area contributed by atoms with Gasteiger partial charge in [0.05, 0.1) is 0 Å². The molecule has 0 radical (unpaired) electrons. The third-order valence-electron chi connectivity index (χ3n) is 2.27. The van der Waals surface area contributed by atoms with Crippen LogP contribution in [0.25, 0.3) is 0 Å². The molecule has 2 unspecified atom stereocenters. The average molecular weight is 379 g/mol. The van der Waals surface area contributed by atoms with Gasteiger partial charge in [0.15, 0.2) is 0 Å². The number of halogens is 1. The second-order valence-electron chi connectivity index (χ2n) is 3.40. The van der Waals surface area contributed by atoms with Crippen LogP contribution in [0.15, 0.2) is 0 Å². The minimum absolute atomic E-state index is 0.454. The van der Waals surface area contributed by atoms with Crippen LogP contribution in [-0.4, -0.2) is 13.2 Å². The molecular weight excluding hydrogens is 360 g/mol. The van der Waals surface area contributed by atoms with E-state index in [1.54, 1.807) is 0 Å². The number of ether oxygens (including phenoxy) is 1. The summed E-state index contributed by atoms with van der Waals surface area (Å²) >= 11 is -1.07. The Morgan fingerprint density at radius 3 is 2.50 bits per heavy atom. The van der Waals surface area contributed by atoms with Crippen molar-refractivity contribution >= 4 is 8.25 Å². The molecule has 0 aromatic rings. The SMILES string of the molecule is CCCCCC(OC)[CH](C)[Hg][Cl]. The molecular formula is C9H19ClHgO. The molecule has 12 heavy (non-hydrogen) atoms. The minimum atomic E-state index is -1.07. The molecule has 0 aliphatic carbocycles. The van der Waals surface area contributed by atoms with Gasteiger partial charge in [0.1, 0.15) is 0 Å². The zero-order valence-corrected chi connectivity index (χ0v) is 14.7. The quantitative estimate of drug-likeness (QED) is 0.485. The van der Waals surface area contributed by atoms with E-state index in [0.29, 0.717) is 9.53 Å². The summed E-state index contributed by atoms with van der Waals surface area (Å²) in [5, 5.41) is 0. The normalized spacial score (nSPS) is 15.3. The molecule has 0 aliphatic rings. The van der Waals surface area contributed by atoms with Gasteiger partial charge in [-0.3, -0.25) is 0 Å². The van der Waals surface area contributed by atoms with Gasteiger partial charge in [-0.25, -0.2) is 0 Å². The van der Waals surface area contributed by atoms with Crippen molar-refractivity contribution in [3.8, 4) is 0 Å². The van der Waals surface area contributed by atoms with Gasteiger partial charge in [-0.15, -0.1) is 0 Å². The molecule has 0 rings (SSSR count). The summed E-state index contributed by atoms with van der Waals surface area (Å²) in [6, 6.07) is 0. The van der Waals surface area contributed by atoms with Gasteiger partial charge in [-0.05, 0) is 0 Å². The molecule has 0 bridgehead atoms. The van der Waals surface area contributed by atoms with Crippen molar-refractivity contribution in [2.75, 3.05) is 7.11 Å². The average Bonchev–Trinajstić information content (AvgIpc) is 2.11. The Hall–Kier alpha value is 1.19. The first-order valence-electron chi connectivity index (χ1n) is 4.85. The van der Waals surface area contributed by atoms with Crippen LogP contribution in [0.1, 0.15) is 39.5 Å². The summed E-state index contributed by atoms with van der Waals surface area (Å²) in [6.45, 7) is 4.47. The van der Waals surface area contributed by atoms with Gasteiger partial charge in [0.25, 0.3) is 0 Å². The van der Waals surface area contributed by atoms with Crippen LogP contribution >= 0.6 is 8.25 Å². The Kier molecular flexibility index (Phi) is 9.63. The number of hydrogen-bond acceptors (Lipinski definition) is 1. The fourth-order valence-corrected chi connectivity index (χ4v) is 5.51. The number of unbranched alkanes of at least 4 members (excludes halogenated alkanes) is 2. The van der Waals surface area contributed by atoms with Gasteiger partial charge in [-0.2, -0.15) is 0 Å². The summed E-state index contributed by atoms with van der Waals surface area (Å²) in [4.78, 5) is 0. The summed E-state index contributed by atoms with van der Waals surface area (Å²) in [7, 11) is 7.79. The topological polar surface area (TPSA) is 9.23 Å². The number of rotatable bonds is 7. The molecule has 0 aliphatic heterocycles. The van der Waals surface area contributed by atoms with Gasteiger partial charge in [-0.1, -0.05) is 0 Å². The van der Waals surface area contributed by atoms with Gasteiger partial charge < -0.3 is 0 Å². The summed E-state index contributed by atoms with van der Waals surface area (Å²) < 4.78 is 6.12. The second kappa shape index (κ2) is 8.77. The molecule has 0 heterocycles. The first-order valence-corrected chi connectivity index (χ1v) is 14.8. The third kappa shape index (κ3) is 5.77. The van der Waals surface area contributed by atoms with Crippen molar-refractivity contribution in [2.45, 2.75) is 49.1 Å². The fraction of sp³-hybridized carbons (Fsp3) is 1.00. The molecule has 1 nitrogen and oxygen atoms in total. The first kappa shape index (κ1) is 13.2. The van der Waals surface area contributed by atoms with Crippen LogP contribution in [0.3, 0.4) is 0 Å². The van der Waals surface area contributed by atoms with Gasteiger partial charge in [0.2, 0.25) is 0 Å². The van der Waals surface area contributed by atoms with Crippen LogP contribution in [0.4, 0.5) is 0 Å². The van der Waals surface area contributed by atoms with E-state index in [0.717, 1.165) is 0 Å². The molecule has 0 saturated heterocycles. The van der Waals surface area contributed by atoms with Crippen molar-refractivity contribution in [3.63, 3.8) is 0 Å². The monoisotopic (exact) mass is 380 g/mol. The maximum absolute atomic E-state index is 5.98. The van der Waals surface area contributed by atoms with E-state index >= 15 is 0 Å². The van der Waals surface area contributed by atoms with E-state index in [-0.39, 0.29) is 0 Å². The molecule has 0 fully saturated rings. The van der Waals surface area contributed by atoms with Crippen molar-refractivity contribution in [3.05, 3.63) is 0 Å². The molecule has 0 amide bonds. The molecule has 0 saturated carbocycles. The van der Waals surface area contributed by atoms with E-state index in [1.807, 2.05) is 7.11 Å². The van der Waals surface area contributed by atoms with Crippen molar-refractivity contribution in [2.24, 2.45) is 0 Å². The Morgan fingerprint density at radius 1 is 1.42 bits per heavy atom. The Labute approximate surface area is 92.1 Å². The predicted octanol–water partition coefficient (Wildman–Crippen LogP) is 3.63. The van der Waals surface area contributed by atoms with Crippen molar-refractivity contribution < 1.29 is 28.1 Å². The second-order valence-corrected chi connectivity index (χ2v) is 12.3. The van der Waals surface area contributed by atoms with Crippen LogP contribution in [-0.2, 0) is 28.1 Å². The van der Waals surface area contributed by atoms with E-state index < -0.39 is 23.3 Å². The van der Waals surface area contributed by atoms with E-state index in [2.05, 4.69) is 13.8 Å². The van der Waals surface area contributed by atoms with Crippen LogP contribution in [0.2, 0.25) is 3.43 Å². The number of methoxy groups -OCH3 is 1. The molecule has 0 N–H and O–H groups in total. The molecule has 0 aromatic carbocycles. The van der Waals surface area contributed by atoms with E-state index in [4.69, 9.17) is 13.0 Å². The standard InChI is InChI=1S/C9H19O.ClH.Hg/c1-4-6-7-8-9(5-2)10-3;;/h5,9H,4,6-8H2,1-3H3;1H;/q;;+1/p-1. The number of hydrogen-bond donors (Lipinski definition) is 0. The molecule has 3 heteroatoms. The van der Waals surface area contributed by atoms with Crippen LogP contribution in [0, 0.1) is 0 Å². The summed E-state index contributed by atoms with van der Waals surface area (Å²) in [5.41, 5.74) is 0. The zero-order valence-electron chi connectivity index (χ0n) is 8.48. The van der Waals surface area contributed by atoms with Crippen molar-refractivity contribution in [1.29, 1.82) is 0 Å². The first-order chi connectivity index (χ1) is 5.76. The van der Waals surface area contributed by atoms with Gasteiger partial charge >= 0.3 is 92.5 Å². The Balaban J connectivity index is 3.52. The van der Waals surface area contributed by atoms with E-state index in [9.17, 15) is 0 Å². The van der Waals surface area contributed by atoms with Crippen LogP contribution < -0.4 is 0 Å². The molecule has 0 spiro atoms.